The van der Waals surface area contributed by atoms with E-state index < -0.39 is 0 Å². The van der Waals surface area contributed by atoms with Crippen LogP contribution in [0.15, 0.2) is 69.1 Å². The molecule has 0 saturated carbocycles. The minimum atomic E-state index is 0.786. The van der Waals surface area contributed by atoms with Crippen LogP contribution in [0.3, 0.4) is 0 Å². The van der Waals surface area contributed by atoms with Gasteiger partial charge in [0.25, 0.3) is 0 Å². The van der Waals surface area contributed by atoms with Crippen LogP contribution < -0.4 is 5.73 Å². The summed E-state index contributed by atoms with van der Waals surface area (Å²) < 4.78 is 1.09. The molecule has 19 heavy (non-hydrogen) atoms. The van der Waals surface area contributed by atoms with E-state index in [0.29, 0.717) is 0 Å². The van der Waals surface area contributed by atoms with Crippen molar-refractivity contribution in [3.05, 3.63) is 59.3 Å². The van der Waals surface area contributed by atoms with Gasteiger partial charge < -0.3 is 5.73 Å². The molecule has 1 aromatic heterocycles. The Labute approximate surface area is 124 Å². The van der Waals surface area contributed by atoms with Gasteiger partial charge in [0, 0.05) is 43.1 Å². The van der Waals surface area contributed by atoms with E-state index >= 15 is 0 Å². The fourth-order valence-corrected chi connectivity index (χ4v) is 3.41. The number of pyridine rings is 1. The van der Waals surface area contributed by atoms with Crippen molar-refractivity contribution in [2.24, 2.45) is 0 Å². The Morgan fingerprint density at radius 1 is 0.947 bits per heavy atom. The van der Waals surface area contributed by atoms with Crippen LogP contribution in [0.25, 0.3) is 10.8 Å². The lowest BCUT2D eigenvalue weighted by Gasteiger charge is -2.09. The van der Waals surface area contributed by atoms with Crippen molar-refractivity contribution in [3.8, 4) is 0 Å². The smallest absolute Gasteiger partial charge is 0.0395 e. The van der Waals surface area contributed by atoms with Crippen molar-refractivity contribution in [1.82, 2.24) is 4.98 Å². The highest BCUT2D eigenvalue weighted by atomic mass is 79.9. The monoisotopic (exact) mass is 330 g/mol. The van der Waals surface area contributed by atoms with Gasteiger partial charge in [0.05, 0.1) is 0 Å². The van der Waals surface area contributed by atoms with Crippen molar-refractivity contribution in [1.29, 1.82) is 0 Å². The maximum atomic E-state index is 6.00. The summed E-state index contributed by atoms with van der Waals surface area (Å²) in [5, 5.41) is 2.13. The molecule has 2 aromatic carbocycles. The zero-order valence-corrected chi connectivity index (χ0v) is 12.4. The van der Waals surface area contributed by atoms with Gasteiger partial charge in [-0.05, 0) is 46.3 Å². The topological polar surface area (TPSA) is 38.9 Å². The van der Waals surface area contributed by atoms with E-state index in [9.17, 15) is 0 Å². The molecule has 94 valence electrons. The van der Waals surface area contributed by atoms with E-state index in [1.165, 1.54) is 4.90 Å². The molecule has 0 unspecified atom stereocenters. The third-order valence-corrected chi connectivity index (χ3v) is 4.97. The number of anilines is 1. The number of nitrogens with two attached hydrogens (primary N) is 1. The average Bonchev–Trinajstić information content (AvgIpc) is 2.44. The van der Waals surface area contributed by atoms with Crippen LogP contribution in [0, 0.1) is 0 Å². The van der Waals surface area contributed by atoms with Crippen LogP contribution in [0.2, 0.25) is 0 Å². The zero-order valence-electron chi connectivity index (χ0n) is 10.0. The van der Waals surface area contributed by atoms with Crippen molar-refractivity contribution in [3.63, 3.8) is 0 Å². The van der Waals surface area contributed by atoms with Gasteiger partial charge in [0.15, 0.2) is 0 Å². The van der Waals surface area contributed by atoms with E-state index in [0.717, 1.165) is 25.8 Å². The summed E-state index contributed by atoms with van der Waals surface area (Å²) in [6, 6.07) is 14.1. The van der Waals surface area contributed by atoms with Gasteiger partial charge in [-0.15, -0.1) is 0 Å². The summed E-state index contributed by atoms with van der Waals surface area (Å²) >= 11 is 5.28. The van der Waals surface area contributed by atoms with Crippen LogP contribution in [0.4, 0.5) is 5.69 Å². The first-order valence-corrected chi connectivity index (χ1v) is 7.41. The fraction of sp³-hybridized carbons (Fsp3) is 0. The maximum absolute atomic E-state index is 6.00. The standard InChI is InChI=1S/C15H11BrN2S/c16-12-3-1-2-4-15(12)19-14-6-5-13(17)10-7-8-18-9-11(10)14/h1-9H,17H2. The molecule has 0 spiro atoms. The average molecular weight is 331 g/mol. The Morgan fingerprint density at radius 3 is 2.63 bits per heavy atom. The highest BCUT2D eigenvalue weighted by Gasteiger charge is 2.07. The summed E-state index contributed by atoms with van der Waals surface area (Å²) in [5.74, 6) is 0. The second-order valence-corrected chi connectivity index (χ2v) is 6.04. The van der Waals surface area contributed by atoms with Gasteiger partial charge in [0.1, 0.15) is 0 Å². The number of halogens is 1. The highest BCUT2D eigenvalue weighted by Crippen LogP contribution is 2.38. The molecule has 0 fully saturated rings. The highest BCUT2D eigenvalue weighted by molar-refractivity contribution is 9.10. The van der Waals surface area contributed by atoms with E-state index in [1.54, 1.807) is 18.0 Å². The Bertz CT molecular complexity index is 743. The first kappa shape index (κ1) is 12.5. The molecular formula is C15H11BrN2S. The Balaban J connectivity index is 2.12. The number of rotatable bonds is 2. The van der Waals surface area contributed by atoms with E-state index in [-0.39, 0.29) is 0 Å². The summed E-state index contributed by atoms with van der Waals surface area (Å²) in [7, 11) is 0. The Morgan fingerprint density at radius 2 is 1.79 bits per heavy atom. The molecule has 4 heteroatoms. The Kier molecular flexibility index (Phi) is 3.44. The van der Waals surface area contributed by atoms with E-state index in [1.807, 2.05) is 42.6 Å². The molecule has 3 rings (SSSR count). The quantitative estimate of drug-likeness (QED) is 0.690. The number of fused-ring (bicyclic) bond motifs is 1. The minimum absolute atomic E-state index is 0.786. The van der Waals surface area contributed by atoms with E-state index in [2.05, 4.69) is 27.0 Å². The molecule has 0 bridgehead atoms. The molecular weight excluding hydrogens is 320 g/mol. The van der Waals surface area contributed by atoms with Crippen LogP contribution in [-0.4, -0.2) is 4.98 Å². The predicted octanol–water partition coefficient (Wildman–Crippen LogP) is 4.73. The predicted molar refractivity (Wildman–Crippen MR) is 84.4 cm³/mol. The molecule has 3 aromatic rings. The molecule has 0 aliphatic heterocycles. The number of nitrogens with zero attached hydrogens (tertiary/aromatic N) is 1. The molecule has 0 amide bonds. The van der Waals surface area contributed by atoms with Crippen LogP contribution >= 0.6 is 27.7 Å². The lowest BCUT2D eigenvalue weighted by atomic mass is 10.1. The third-order valence-electron chi connectivity index (χ3n) is 2.87. The summed E-state index contributed by atoms with van der Waals surface area (Å²) in [6.45, 7) is 0. The molecule has 2 N–H and O–H groups in total. The first-order valence-electron chi connectivity index (χ1n) is 5.80. The molecule has 0 saturated heterocycles. The first-order chi connectivity index (χ1) is 9.25. The van der Waals surface area contributed by atoms with Gasteiger partial charge >= 0.3 is 0 Å². The number of nitrogen functional groups attached to an aromatic ring is 1. The largest absolute Gasteiger partial charge is 0.398 e. The summed E-state index contributed by atoms with van der Waals surface area (Å²) in [5.41, 5.74) is 6.79. The number of hydrogen-bond donors (Lipinski definition) is 1. The van der Waals surface area contributed by atoms with Gasteiger partial charge in [0.2, 0.25) is 0 Å². The number of benzene rings is 2. The zero-order chi connectivity index (χ0) is 13.2. The van der Waals surface area contributed by atoms with Gasteiger partial charge in [-0.3, -0.25) is 4.98 Å². The fourth-order valence-electron chi connectivity index (χ4n) is 1.92. The van der Waals surface area contributed by atoms with Crippen molar-refractivity contribution in [2.75, 3.05) is 5.73 Å². The molecule has 0 atom stereocenters. The van der Waals surface area contributed by atoms with Crippen molar-refractivity contribution < 1.29 is 0 Å². The SMILES string of the molecule is Nc1ccc(Sc2ccccc2Br)c2cnccc12. The lowest BCUT2D eigenvalue weighted by molar-refractivity contribution is 1.34. The van der Waals surface area contributed by atoms with Crippen LogP contribution in [0.1, 0.15) is 0 Å². The normalized spacial score (nSPS) is 10.8. The van der Waals surface area contributed by atoms with Gasteiger partial charge in [-0.1, -0.05) is 23.9 Å². The Hall–Kier alpha value is -1.52. The molecule has 0 radical (unpaired) electrons. The van der Waals surface area contributed by atoms with E-state index in [4.69, 9.17) is 5.73 Å². The van der Waals surface area contributed by atoms with Crippen molar-refractivity contribution >= 4 is 44.2 Å². The minimum Gasteiger partial charge on any atom is -0.398 e. The second-order valence-electron chi connectivity index (χ2n) is 4.11. The molecule has 2 nitrogen and oxygen atoms in total. The molecule has 0 aliphatic rings. The van der Waals surface area contributed by atoms with Crippen LogP contribution in [-0.2, 0) is 0 Å². The number of aromatic nitrogens is 1. The summed E-state index contributed by atoms with van der Waals surface area (Å²) in [6.07, 6.45) is 3.64. The van der Waals surface area contributed by atoms with Gasteiger partial charge in [-0.2, -0.15) is 0 Å². The molecule has 1 heterocycles. The molecule has 0 aliphatic carbocycles. The summed E-state index contributed by atoms with van der Waals surface area (Å²) in [4.78, 5) is 6.53. The number of hydrogen-bond acceptors (Lipinski definition) is 3. The van der Waals surface area contributed by atoms with Crippen LogP contribution in [0.5, 0.6) is 0 Å². The maximum Gasteiger partial charge on any atom is 0.0395 e. The van der Waals surface area contributed by atoms with Gasteiger partial charge in [-0.25, -0.2) is 0 Å². The third kappa shape index (κ3) is 2.46. The van der Waals surface area contributed by atoms with Crippen molar-refractivity contribution in [2.45, 2.75) is 9.79 Å². The second kappa shape index (κ2) is 5.23. The lowest BCUT2D eigenvalue weighted by Crippen LogP contribution is -1.89.